The van der Waals surface area contributed by atoms with Crippen molar-refractivity contribution in [2.45, 2.75) is 52.4 Å². The molecule has 1 atom stereocenters. The Labute approximate surface area is 88.2 Å². The molecule has 0 aromatic rings. The van der Waals surface area contributed by atoms with Crippen molar-refractivity contribution in [3.05, 3.63) is 0 Å². The third-order valence-electron chi connectivity index (χ3n) is 1.88. The highest BCUT2D eigenvalue weighted by molar-refractivity contribution is 5.85. The monoisotopic (exact) mass is 225 g/mol. The van der Waals surface area contributed by atoms with Gasteiger partial charge < -0.3 is 5.32 Å². The Morgan fingerprint density at radius 1 is 1.20 bits per heavy atom. The number of carbonyl (C=O) groups excluding carboxylic acids is 1. The molecule has 0 saturated heterocycles. The molecule has 0 aliphatic rings. The number of ketones is 1. The van der Waals surface area contributed by atoms with Gasteiger partial charge in [0.1, 0.15) is 0 Å². The van der Waals surface area contributed by atoms with Gasteiger partial charge in [-0.2, -0.15) is 13.2 Å². The molecule has 0 amide bonds. The number of nitrogens with one attached hydrogen (secondary N) is 1. The van der Waals surface area contributed by atoms with E-state index in [0.29, 0.717) is 0 Å². The summed E-state index contributed by atoms with van der Waals surface area (Å²) in [6.07, 6.45) is -5.40. The lowest BCUT2D eigenvalue weighted by Gasteiger charge is -2.22. The Morgan fingerprint density at radius 2 is 1.67 bits per heavy atom. The van der Waals surface area contributed by atoms with Crippen molar-refractivity contribution < 1.29 is 18.0 Å². The molecule has 0 aliphatic carbocycles. The normalized spacial score (nSPS) is 14.7. The van der Waals surface area contributed by atoms with Crippen molar-refractivity contribution in [3.8, 4) is 0 Å². The molecule has 0 bridgehead atoms. The zero-order chi connectivity index (χ0) is 12.2. The molecule has 90 valence electrons. The lowest BCUT2D eigenvalue weighted by molar-refractivity contribution is -0.150. The Balaban J connectivity index is 4.52. The summed E-state index contributed by atoms with van der Waals surface area (Å²) in [6.45, 7) is 6.65. The standard InChI is InChI=1S/C10H18F3NO/c1-6(2)9(15)8(14-7(3)4)5-10(11,12)13/h6-8,14H,5H2,1-4H3. The molecular formula is C10H18F3NO. The molecule has 0 saturated carbocycles. The van der Waals surface area contributed by atoms with E-state index in [1.165, 1.54) is 0 Å². The molecule has 1 unspecified atom stereocenters. The van der Waals surface area contributed by atoms with E-state index in [1.807, 2.05) is 0 Å². The fraction of sp³-hybridized carbons (Fsp3) is 0.900. The summed E-state index contributed by atoms with van der Waals surface area (Å²) < 4.78 is 36.6. The van der Waals surface area contributed by atoms with Crippen LogP contribution in [-0.2, 0) is 4.79 Å². The molecule has 0 aliphatic heterocycles. The van der Waals surface area contributed by atoms with Crippen LogP contribution < -0.4 is 5.32 Å². The van der Waals surface area contributed by atoms with Crippen molar-refractivity contribution >= 4 is 5.78 Å². The molecule has 0 radical (unpaired) electrons. The van der Waals surface area contributed by atoms with E-state index in [2.05, 4.69) is 5.32 Å². The Morgan fingerprint density at radius 3 is 1.93 bits per heavy atom. The van der Waals surface area contributed by atoms with Gasteiger partial charge in [-0.05, 0) is 0 Å². The largest absolute Gasteiger partial charge is 0.391 e. The average molecular weight is 225 g/mol. The quantitative estimate of drug-likeness (QED) is 0.779. The van der Waals surface area contributed by atoms with Crippen molar-refractivity contribution in [2.24, 2.45) is 5.92 Å². The van der Waals surface area contributed by atoms with Gasteiger partial charge in [-0.3, -0.25) is 4.79 Å². The highest BCUT2D eigenvalue weighted by Gasteiger charge is 2.35. The van der Waals surface area contributed by atoms with Gasteiger partial charge in [0.15, 0.2) is 5.78 Å². The smallest absolute Gasteiger partial charge is 0.305 e. The number of rotatable bonds is 5. The van der Waals surface area contributed by atoms with E-state index in [9.17, 15) is 18.0 Å². The highest BCUT2D eigenvalue weighted by Crippen LogP contribution is 2.23. The second-order valence-electron chi connectivity index (χ2n) is 4.25. The fourth-order valence-electron chi connectivity index (χ4n) is 1.28. The molecule has 0 rings (SSSR count). The topological polar surface area (TPSA) is 29.1 Å². The van der Waals surface area contributed by atoms with E-state index in [-0.39, 0.29) is 17.7 Å². The first kappa shape index (κ1) is 14.4. The zero-order valence-electron chi connectivity index (χ0n) is 9.48. The SMILES string of the molecule is CC(C)NC(CC(F)(F)F)C(=O)C(C)C. The third-order valence-corrected chi connectivity index (χ3v) is 1.88. The van der Waals surface area contributed by atoms with Crippen LogP contribution in [0.3, 0.4) is 0 Å². The second kappa shape index (κ2) is 5.49. The Bertz CT molecular complexity index is 211. The first-order valence-corrected chi connectivity index (χ1v) is 5.00. The predicted octanol–water partition coefficient (Wildman–Crippen LogP) is 2.53. The maximum atomic E-state index is 12.2. The number of carbonyl (C=O) groups is 1. The van der Waals surface area contributed by atoms with Gasteiger partial charge in [-0.15, -0.1) is 0 Å². The summed E-state index contributed by atoms with van der Waals surface area (Å²) in [5.41, 5.74) is 0. The van der Waals surface area contributed by atoms with Crippen LogP contribution in [0.1, 0.15) is 34.1 Å². The fourth-order valence-corrected chi connectivity index (χ4v) is 1.28. The van der Waals surface area contributed by atoms with Crippen molar-refractivity contribution in [1.29, 1.82) is 0 Å². The van der Waals surface area contributed by atoms with Crippen LogP contribution in [0.4, 0.5) is 13.2 Å². The van der Waals surface area contributed by atoms with Crippen LogP contribution >= 0.6 is 0 Å². The Kier molecular flexibility index (Phi) is 5.28. The molecular weight excluding hydrogens is 207 g/mol. The molecule has 0 spiro atoms. The predicted molar refractivity (Wildman–Crippen MR) is 52.6 cm³/mol. The van der Waals surface area contributed by atoms with Crippen LogP contribution in [-0.4, -0.2) is 24.0 Å². The molecule has 0 aromatic heterocycles. The van der Waals surface area contributed by atoms with Crippen LogP contribution in [0.5, 0.6) is 0 Å². The lowest BCUT2D eigenvalue weighted by atomic mass is 9.98. The maximum Gasteiger partial charge on any atom is 0.391 e. The summed E-state index contributed by atoms with van der Waals surface area (Å²) in [7, 11) is 0. The van der Waals surface area contributed by atoms with Gasteiger partial charge in [0.05, 0.1) is 12.5 Å². The molecule has 0 aromatic carbocycles. The van der Waals surface area contributed by atoms with Crippen molar-refractivity contribution in [1.82, 2.24) is 5.32 Å². The van der Waals surface area contributed by atoms with Gasteiger partial charge in [0.2, 0.25) is 0 Å². The van der Waals surface area contributed by atoms with Gasteiger partial charge in [0.25, 0.3) is 0 Å². The van der Waals surface area contributed by atoms with Gasteiger partial charge in [0, 0.05) is 12.0 Å². The minimum Gasteiger partial charge on any atom is -0.305 e. The molecule has 5 heteroatoms. The number of hydrogen-bond acceptors (Lipinski definition) is 2. The molecule has 15 heavy (non-hydrogen) atoms. The van der Waals surface area contributed by atoms with Gasteiger partial charge in [-0.25, -0.2) is 0 Å². The van der Waals surface area contributed by atoms with E-state index in [1.54, 1.807) is 27.7 Å². The highest BCUT2D eigenvalue weighted by atomic mass is 19.4. The maximum absolute atomic E-state index is 12.2. The van der Waals surface area contributed by atoms with Crippen LogP contribution in [0, 0.1) is 5.92 Å². The van der Waals surface area contributed by atoms with Crippen molar-refractivity contribution in [2.75, 3.05) is 0 Å². The number of Topliss-reactive ketones (excluding diaryl/α,β-unsaturated/α-hetero) is 1. The van der Waals surface area contributed by atoms with Gasteiger partial charge in [-0.1, -0.05) is 27.7 Å². The van der Waals surface area contributed by atoms with E-state index >= 15 is 0 Å². The third kappa shape index (κ3) is 6.49. The molecule has 0 heterocycles. The summed E-state index contributed by atoms with van der Waals surface area (Å²) in [4.78, 5) is 11.5. The zero-order valence-corrected chi connectivity index (χ0v) is 9.48. The molecule has 0 fully saturated rings. The minimum atomic E-state index is -4.31. The number of hydrogen-bond donors (Lipinski definition) is 1. The first-order valence-electron chi connectivity index (χ1n) is 5.00. The number of halogens is 3. The summed E-state index contributed by atoms with van der Waals surface area (Å²) in [5.74, 6) is -0.773. The molecule has 1 N–H and O–H groups in total. The van der Waals surface area contributed by atoms with Crippen LogP contribution in [0.15, 0.2) is 0 Å². The van der Waals surface area contributed by atoms with Crippen molar-refractivity contribution in [3.63, 3.8) is 0 Å². The van der Waals surface area contributed by atoms with E-state index < -0.39 is 18.6 Å². The summed E-state index contributed by atoms with van der Waals surface area (Å²) >= 11 is 0. The van der Waals surface area contributed by atoms with Gasteiger partial charge >= 0.3 is 6.18 Å². The summed E-state index contributed by atoms with van der Waals surface area (Å²) in [5, 5.41) is 2.65. The average Bonchev–Trinajstić information content (AvgIpc) is 1.97. The van der Waals surface area contributed by atoms with E-state index in [0.717, 1.165) is 0 Å². The second-order valence-corrected chi connectivity index (χ2v) is 4.25. The first-order chi connectivity index (χ1) is 6.63. The summed E-state index contributed by atoms with van der Waals surface area (Å²) in [6, 6.07) is -1.26. The van der Waals surface area contributed by atoms with E-state index in [4.69, 9.17) is 0 Å². The minimum absolute atomic E-state index is 0.139. The Hall–Kier alpha value is -0.580. The lowest BCUT2D eigenvalue weighted by Crippen LogP contribution is -2.45. The number of alkyl halides is 3. The van der Waals surface area contributed by atoms with Crippen LogP contribution in [0.25, 0.3) is 0 Å². The van der Waals surface area contributed by atoms with Crippen LogP contribution in [0.2, 0.25) is 0 Å². The molecule has 2 nitrogen and oxygen atoms in total.